The van der Waals surface area contributed by atoms with Crippen molar-refractivity contribution >= 4 is 25.7 Å². The lowest BCUT2D eigenvalue weighted by molar-refractivity contribution is -0.870. The molecule has 0 aromatic rings. The predicted molar refractivity (Wildman–Crippen MR) is 266 cm³/mol. The minimum atomic E-state index is -4.73. The monoisotopic (exact) mass is 964 g/mol. The number of allylic oxidation sites excluding steroid dienone is 1. The lowest BCUT2D eigenvalue weighted by Gasteiger charge is -2.58. The van der Waals surface area contributed by atoms with Gasteiger partial charge in [0.2, 0.25) is 0 Å². The summed E-state index contributed by atoms with van der Waals surface area (Å²) < 4.78 is 40.2. The van der Waals surface area contributed by atoms with Crippen LogP contribution in [0, 0.1) is 46.3 Å². The number of nitrogens with zero attached hydrogens (tertiary/aromatic N) is 1. The number of fused-ring (bicyclic) bond motifs is 5. The smallest absolute Gasteiger partial charge is 0.306 e. The Morgan fingerprint density at radius 2 is 1.39 bits per heavy atom. The summed E-state index contributed by atoms with van der Waals surface area (Å²) in [6.45, 7) is 14.0. The van der Waals surface area contributed by atoms with Gasteiger partial charge in [-0.25, -0.2) is 0 Å². The van der Waals surface area contributed by atoms with E-state index in [2.05, 4.69) is 47.6 Å². The number of unbranched alkanes of at least 4 members (excludes halogenated alkanes) is 12. The van der Waals surface area contributed by atoms with Crippen LogP contribution in [0.5, 0.6) is 0 Å². The maximum atomic E-state index is 13.2. The van der Waals surface area contributed by atoms with Crippen LogP contribution < -0.4 is 4.89 Å². The average Bonchev–Trinajstić information content (AvgIpc) is 3.62. The first-order valence-electron chi connectivity index (χ1n) is 27.4. The standard InChI is InChI=1S/C55H98NO10P/c1-10-11-12-13-14-15-16-17-18-19-20-21-22-26-51(57)62-40-46(41-64-67(60,61)63-38-37-56(7,8)9)66-53(59)32-31-52(58)65-45-33-35-54(5)44(39-45)27-28-47-49-30-29-48(43(4)25-23-24-42(2)3)55(49,6)36-34-50(47)54/h27,42-43,45-50H,10-26,28-41H2,1-9H3/t43-,45+,46-,47+,48-,49+,50+,54+,55-/m1/s1. The van der Waals surface area contributed by atoms with E-state index in [-0.39, 0.29) is 44.0 Å². The Morgan fingerprint density at radius 3 is 2.03 bits per heavy atom. The Hall–Kier alpha value is -1.78. The SMILES string of the molecule is CCCCCCCCCCCCCCCC(=O)OC[C@H](COP(=O)([O-])OCC[N+](C)(C)C)OC(=O)CCC(=O)O[C@H]1CC[C@@]2(C)C(=CC[C@H]3[C@@H]4CC[C@H]([C@H](C)CCCC(C)C)[C@@]4(C)CC[C@@H]32)C1. The fourth-order valence-electron chi connectivity index (χ4n) is 12.7. The minimum Gasteiger partial charge on any atom is -0.756 e. The zero-order valence-electron chi connectivity index (χ0n) is 44.1. The third-order valence-corrected chi connectivity index (χ3v) is 17.7. The number of hydrogen-bond acceptors (Lipinski definition) is 10. The van der Waals surface area contributed by atoms with Gasteiger partial charge in [0.05, 0.1) is 40.6 Å². The van der Waals surface area contributed by atoms with E-state index in [1.165, 1.54) is 108 Å². The molecule has 12 heteroatoms. The average molecular weight is 964 g/mol. The van der Waals surface area contributed by atoms with Gasteiger partial charge in [0, 0.05) is 12.8 Å². The molecule has 4 rings (SSSR count). The molecule has 11 nitrogen and oxygen atoms in total. The highest BCUT2D eigenvalue weighted by Gasteiger charge is 2.59. The van der Waals surface area contributed by atoms with Crippen molar-refractivity contribution in [3.63, 3.8) is 0 Å². The second-order valence-corrected chi connectivity index (χ2v) is 24.9. The van der Waals surface area contributed by atoms with Crippen LogP contribution in [0.1, 0.15) is 215 Å². The fourth-order valence-corrected chi connectivity index (χ4v) is 13.5. The molecule has 388 valence electrons. The summed E-state index contributed by atoms with van der Waals surface area (Å²) in [5.41, 5.74) is 2.02. The van der Waals surface area contributed by atoms with E-state index in [0.717, 1.165) is 74.5 Å². The molecule has 0 aromatic carbocycles. The summed E-state index contributed by atoms with van der Waals surface area (Å²) in [6.07, 6.45) is 29.5. The predicted octanol–water partition coefficient (Wildman–Crippen LogP) is 12.9. The van der Waals surface area contributed by atoms with Crippen LogP contribution in [0.15, 0.2) is 11.6 Å². The first kappa shape index (κ1) is 57.8. The number of rotatable bonds is 33. The lowest BCUT2D eigenvalue weighted by atomic mass is 9.47. The molecule has 0 amide bonds. The first-order valence-corrected chi connectivity index (χ1v) is 28.9. The van der Waals surface area contributed by atoms with E-state index in [9.17, 15) is 23.8 Å². The van der Waals surface area contributed by atoms with Gasteiger partial charge >= 0.3 is 17.9 Å². The summed E-state index contributed by atoms with van der Waals surface area (Å²) in [6, 6.07) is 0. The van der Waals surface area contributed by atoms with Crippen LogP contribution in [0.3, 0.4) is 0 Å². The normalized spacial score (nSPS) is 27.8. The van der Waals surface area contributed by atoms with E-state index < -0.39 is 38.4 Å². The van der Waals surface area contributed by atoms with Crippen molar-refractivity contribution in [2.24, 2.45) is 46.3 Å². The van der Waals surface area contributed by atoms with Crippen LogP contribution in [0.2, 0.25) is 0 Å². The zero-order valence-corrected chi connectivity index (χ0v) is 45.0. The van der Waals surface area contributed by atoms with E-state index in [0.29, 0.717) is 28.8 Å². The van der Waals surface area contributed by atoms with Crippen molar-refractivity contribution in [3.05, 3.63) is 11.6 Å². The van der Waals surface area contributed by atoms with E-state index in [1.54, 1.807) is 0 Å². The van der Waals surface area contributed by atoms with Gasteiger partial charge in [-0.2, -0.15) is 0 Å². The van der Waals surface area contributed by atoms with Crippen molar-refractivity contribution in [1.82, 2.24) is 0 Å². The third-order valence-electron chi connectivity index (χ3n) is 16.7. The topological polar surface area (TPSA) is 137 Å². The Morgan fingerprint density at radius 1 is 0.746 bits per heavy atom. The Balaban J connectivity index is 1.20. The number of carbonyl (C=O) groups excluding carboxylic acids is 3. The number of phosphoric ester groups is 1. The molecule has 0 aliphatic heterocycles. The number of esters is 3. The largest absolute Gasteiger partial charge is 0.756 e. The molecular weight excluding hydrogens is 866 g/mol. The summed E-state index contributed by atoms with van der Waals surface area (Å²) in [5, 5.41) is 0. The van der Waals surface area contributed by atoms with Crippen LogP contribution in [0.25, 0.3) is 0 Å². The molecule has 67 heavy (non-hydrogen) atoms. The minimum absolute atomic E-state index is 0.0812. The summed E-state index contributed by atoms with van der Waals surface area (Å²) >= 11 is 0. The van der Waals surface area contributed by atoms with Crippen molar-refractivity contribution < 1.29 is 51.6 Å². The number of hydrogen-bond donors (Lipinski definition) is 0. The molecule has 0 N–H and O–H groups in total. The highest BCUT2D eigenvalue weighted by molar-refractivity contribution is 7.45. The molecule has 4 aliphatic rings. The molecule has 0 aromatic heterocycles. The van der Waals surface area contributed by atoms with Gasteiger partial charge in [0.15, 0.2) is 6.10 Å². The molecule has 0 bridgehead atoms. The van der Waals surface area contributed by atoms with Gasteiger partial charge in [-0.3, -0.25) is 18.9 Å². The second-order valence-electron chi connectivity index (χ2n) is 23.5. The number of phosphoric acid groups is 1. The Labute approximate surface area is 408 Å². The fraction of sp³-hybridized carbons (Fsp3) is 0.909. The third kappa shape index (κ3) is 19.4. The molecule has 0 saturated heterocycles. The number of ether oxygens (including phenoxy) is 3. The van der Waals surface area contributed by atoms with Gasteiger partial charge < -0.3 is 32.6 Å². The molecular formula is C55H98NO10P. The van der Waals surface area contributed by atoms with Gasteiger partial charge in [-0.1, -0.05) is 150 Å². The highest BCUT2D eigenvalue weighted by Crippen LogP contribution is 2.67. The van der Waals surface area contributed by atoms with Crippen LogP contribution in [-0.4, -0.2) is 82.1 Å². The van der Waals surface area contributed by atoms with Crippen molar-refractivity contribution in [1.29, 1.82) is 0 Å². The lowest BCUT2D eigenvalue weighted by Crippen LogP contribution is -2.51. The molecule has 0 spiro atoms. The highest BCUT2D eigenvalue weighted by atomic mass is 31.2. The van der Waals surface area contributed by atoms with E-state index >= 15 is 0 Å². The zero-order chi connectivity index (χ0) is 49.1. The first-order chi connectivity index (χ1) is 31.8. The summed E-state index contributed by atoms with van der Waals surface area (Å²) in [7, 11) is 1.00. The summed E-state index contributed by atoms with van der Waals surface area (Å²) in [4.78, 5) is 51.5. The molecule has 10 atom stereocenters. The van der Waals surface area contributed by atoms with Crippen LogP contribution >= 0.6 is 7.82 Å². The number of quaternary nitrogens is 1. The maximum Gasteiger partial charge on any atom is 0.306 e. The molecule has 3 fully saturated rings. The summed E-state index contributed by atoms with van der Waals surface area (Å²) in [5.74, 6) is 2.95. The van der Waals surface area contributed by atoms with Crippen molar-refractivity contribution in [2.75, 3.05) is 47.5 Å². The molecule has 0 heterocycles. The van der Waals surface area contributed by atoms with E-state index in [1.807, 2.05) is 21.1 Å². The van der Waals surface area contributed by atoms with Crippen molar-refractivity contribution in [3.8, 4) is 0 Å². The van der Waals surface area contributed by atoms with Crippen molar-refractivity contribution in [2.45, 2.75) is 227 Å². The molecule has 3 saturated carbocycles. The quantitative estimate of drug-likeness (QED) is 0.0156. The van der Waals surface area contributed by atoms with Crippen LogP contribution in [0.4, 0.5) is 0 Å². The van der Waals surface area contributed by atoms with Gasteiger partial charge in [-0.15, -0.1) is 0 Å². The van der Waals surface area contributed by atoms with Gasteiger partial charge in [0.25, 0.3) is 7.82 Å². The molecule has 4 aliphatic carbocycles. The number of likely N-dealkylation sites (N-methyl/N-ethyl adjacent to an activating group) is 1. The van der Waals surface area contributed by atoms with E-state index in [4.69, 9.17) is 23.3 Å². The second kappa shape index (κ2) is 28.3. The van der Waals surface area contributed by atoms with Gasteiger partial charge in [0.1, 0.15) is 25.9 Å². The molecule has 1 unspecified atom stereocenters. The molecule has 0 radical (unpaired) electrons. The maximum absolute atomic E-state index is 13.2. The number of carbonyl (C=O) groups is 3. The Kier molecular flexibility index (Phi) is 24.4. The van der Waals surface area contributed by atoms with Gasteiger partial charge in [-0.05, 0) is 97.7 Å². The van der Waals surface area contributed by atoms with Crippen LogP contribution in [-0.2, 0) is 42.2 Å². The Bertz CT molecular complexity index is 1580.